The summed E-state index contributed by atoms with van der Waals surface area (Å²) in [6, 6.07) is 7.22. The Kier molecular flexibility index (Phi) is 5.81. The zero-order valence-electron chi connectivity index (χ0n) is 13.2. The van der Waals surface area contributed by atoms with Crippen molar-refractivity contribution in [3.05, 3.63) is 29.8 Å². The van der Waals surface area contributed by atoms with E-state index in [1.165, 1.54) is 12.7 Å². The smallest absolute Gasteiger partial charge is 0.328 e. The molecular formula is C17H23NO4. The largest absolute Gasteiger partial charge is 0.484 e. The van der Waals surface area contributed by atoms with Gasteiger partial charge in [-0.1, -0.05) is 19.1 Å². The summed E-state index contributed by atoms with van der Waals surface area (Å²) in [5.41, 5.74) is 1.22. The molecule has 0 N–H and O–H groups in total. The molecule has 1 aromatic carbocycles. The second-order valence-electron chi connectivity index (χ2n) is 5.41. The summed E-state index contributed by atoms with van der Waals surface area (Å²) in [5.74, 6) is 0.146. The van der Waals surface area contributed by atoms with Crippen molar-refractivity contribution >= 4 is 11.9 Å². The molecule has 1 aliphatic rings. The summed E-state index contributed by atoms with van der Waals surface area (Å²) in [7, 11) is 1.35. The van der Waals surface area contributed by atoms with Gasteiger partial charge in [-0.2, -0.15) is 0 Å². The van der Waals surface area contributed by atoms with Crippen molar-refractivity contribution in [2.45, 2.75) is 38.6 Å². The molecule has 0 saturated carbocycles. The van der Waals surface area contributed by atoms with Gasteiger partial charge in [0.25, 0.3) is 5.91 Å². The fraction of sp³-hybridized carbons (Fsp3) is 0.529. The van der Waals surface area contributed by atoms with Gasteiger partial charge in [-0.3, -0.25) is 4.79 Å². The topological polar surface area (TPSA) is 55.8 Å². The number of carbonyl (C=O) groups excluding carboxylic acids is 2. The number of amides is 1. The van der Waals surface area contributed by atoms with E-state index in [2.05, 4.69) is 6.92 Å². The van der Waals surface area contributed by atoms with Crippen LogP contribution in [-0.2, 0) is 20.7 Å². The third-order valence-corrected chi connectivity index (χ3v) is 3.99. The highest BCUT2D eigenvalue weighted by Gasteiger charge is 2.32. The molecule has 0 spiro atoms. The molecule has 1 unspecified atom stereocenters. The summed E-state index contributed by atoms with van der Waals surface area (Å²) in [5, 5.41) is 0. The van der Waals surface area contributed by atoms with Gasteiger partial charge in [-0.15, -0.1) is 0 Å². The van der Waals surface area contributed by atoms with Crippen LogP contribution in [0.25, 0.3) is 0 Å². The van der Waals surface area contributed by atoms with Gasteiger partial charge in [0.15, 0.2) is 6.61 Å². The van der Waals surface area contributed by atoms with Gasteiger partial charge >= 0.3 is 5.97 Å². The number of methoxy groups -OCH3 is 1. The van der Waals surface area contributed by atoms with E-state index in [0.717, 1.165) is 19.3 Å². The van der Waals surface area contributed by atoms with Crippen LogP contribution in [-0.4, -0.2) is 43.1 Å². The van der Waals surface area contributed by atoms with Crippen LogP contribution in [0.5, 0.6) is 5.75 Å². The van der Waals surface area contributed by atoms with Crippen molar-refractivity contribution < 1.29 is 19.1 Å². The SMILES string of the molecule is CCc1ccc(OCC(=O)N2CCCCC2C(=O)OC)cc1. The van der Waals surface area contributed by atoms with Crippen molar-refractivity contribution in [1.29, 1.82) is 0 Å². The molecule has 1 aliphatic heterocycles. The normalized spacial score (nSPS) is 17.9. The second-order valence-corrected chi connectivity index (χ2v) is 5.41. The minimum absolute atomic E-state index is 0.0566. The van der Waals surface area contributed by atoms with E-state index in [0.29, 0.717) is 18.7 Å². The number of aryl methyl sites for hydroxylation is 1. The molecule has 1 saturated heterocycles. The van der Waals surface area contributed by atoms with Crippen LogP contribution in [0.3, 0.4) is 0 Å². The Hall–Kier alpha value is -2.04. The molecule has 1 amide bonds. The van der Waals surface area contributed by atoms with E-state index in [1.807, 2.05) is 24.3 Å². The lowest BCUT2D eigenvalue weighted by molar-refractivity contribution is -0.155. The van der Waals surface area contributed by atoms with Gasteiger partial charge in [-0.05, 0) is 43.4 Å². The molecule has 1 aromatic rings. The van der Waals surface area contributed by atoms with E-state index in [9.17, 15) is 9.59 Å². The Morgan fingerprint density at radius 2 is 1.95 bits per heavy atom. The van der Waals surface area contributed by atoms with Gasteiger partial charge in [-0.25, -0.2) is 4.79 Å². The van der Waals surface area contributed by atoms with Gasteiger partial charge in [0.1, 0.15) is 11.8 Å². The molecule has 120 valence electrons. The molecule has 0 aromatic heterocycles. The molecule has 0 aliphatic carbocycles. The average molecular weight is 305 g/mol. The minimum atomic E-state index is -0.475. The molecule has 0 radical (unpaired) electrons. The fourth-order valence-corrected chi connectivity index (χ4v) is 2.66. The maximum Gasteiger partial charge on any atom is 0.328 e. The molecule has 1 fully saturated rings. The number of piperidine rings is 1. The monoisotopic (exact) mass is 305 g/mol. The Bertz CT molecular complexity index is 512. The van der Waals surface area contributed by atoms with Crippen LogP contribution in [0.2, 0.25) is 0 Å². The first-order chi connectivity index (χ1) is 10.7. The first-order valence-corrected chi connectivity index (χ1v) is 7.74. The molecule has 22 heavy (non-hydrogen) atoms. The van der Waals surface area contributed by atoms with Crippen molar-refractivity contribution in [1.82, 2.24) is 4.90 Å². The lowest BCUT2D eigenvalue weighted by Crippen LogP contribution is -2.50. The van der Waals surface area contributed by atoms with Crippen LogP contribution >= 0.6 is 0 Å². The van der Waals surface area contributed by atoms with E-state index >= 15 is 0 Å². The summed E-state index contributed by atoms with van der Waals surface area (Å²) < 4.78 is 10.3. The molecular weight excluding hydrogens is 282 g/mol. The molecule has 5 nitrogen and oxygen atoms in total. The van der Waals surface area contributed by atoms with Crippen molar-refractivity contribution in [2.75, 3.05) is 20.3 Å². The van der Waals surface area contributed by atoms with E-state index in [4.69, 9.17) is 9.47 Å². The highest BCUT2D eigenvalue weighted by atomic mass is 16.5. The van der Waals surface area contributed by atoms with Gasteiger partial charge in [0.05, 0.1) is 7.11 Å². The van der Waals surface area contributed by atoms with Crippen LogP contribution in [0, 0.1) is 0 Å². The first kappa shape index (κ1) is 16.3. The zero-order valence-corrected chi connectivity index (χ0v) is 13.2. The molecule has 1 atom stereocenters. The van der Waals surface area contributed by atoms with E-state index < -0.39 is 6.04 Å². The lowest BCUT2D eigenvalue weighted by atomic mass is 10.0. The number of benzene rings is 1. The van der Waals surface area contributed by atoms with Crippen molar-refractivity contribution in [3.63, 3.8) is 0 Å². The summed E-state index contributed by atoms with van der Waals surface area (Å²) in [6.07, 6.45) is 3.46. The third kappa shape index (κ3) is 4.00. The standard InChI is InChI=1S/C17H23NO4/c1-3-13-7-9-14(10-8-13)22-12-16(19)18-11-5-4-6-15(18)17(20)21-2/h7-10,15H,3-6,11-12H2,1-2H3. The number of hydrogen-bond acceptors (Lipinski definition) is 4. The van der Waals surface area contributed by atoms with Crippen molar-refractivity contribution in [3.8, 4) is 5.75 Å². The number of likely N-dealkylation sites (tertiary alicyclic amines) is 1. The molecule has 2 rings (SSSR count). The van der Waals surface area contributed by atoms with E-state index in [1.54, 1.807) is 4.90 Å². The number of carbonyl (C=O) groups is 2. The number of hydrogen-bond donors (Lipinski definition) is 0. The van der Waals surface area contributed by atoms with Crippen molar-refractivity contribution in [2.24, 2.45) is 0 Å². The zero-order chi connectivity index (χ0) is 15.9. The van der Waals surface area contributed by atoms with Crippen LogP contribution < -0.4 is 4.74 Å². The Morgan fingerprint density at radius 1 is 1.23 bits per heavy atom. The molecule has 5 heteroatoms. The maximum absolute atomic E-state index is 12.3. The average Bonchev–Trinajstić information content (AvgIpc) is 2.59. The van der Waals surface area contributed by atoms with Crippen LogP contribution in [0.4, 0.5) is 0 Å². The highest BCUT2D eigenvalue weighted by molar-refractivity contribution is 5.85. The summed E-state index contributed by atoms with van der Waals surface area (Å²) in [6.45, 7) is 2.61. The summed E-state index contributed by atoms with van der Waals surface area (Å²) in [4.78, 5) is 25.7. The number of ether oxygens (including phenoxy) is 2. The molecule has 1 heterocycles. The van der Waals surface area contributed by atoms with Gasteiger partial charge in [0, 0.05) is 6.54 Å². The van der Waals surface area contributed by atoms with Gasteiger partial charge < -0.3 is 14.4 Å². The number of rotatable bonds is 5. The number of esters is 1. The quantitative estimate of drug-likeness (QED) is 0.782. The van der Waals surface area contributed by atoms with Gasteiger partial charge in [0.2, 0.25) is 0 Å². The summed E-state index contributed by atoms with van der Waals surface area (Å²) >= 11 is 0. The third-order valence-electron chi connectivity index (χ3n) is 3.99. The lowest BCUT2D eigenvalue weighted by Gasteiger charge is -2.33. The first-order valence-electron chi connectivity index (χ1n) is 7.74. The predicted molar refractivity (Wildman–Crippen MR) is 82.7 cm³/mol. The Balaban J connectivity index is 1.93. The maximum atomic E-state index is 12.3. The molecule has 0 bridgehead atoms. The van der Waals surface area contributed by atoms with Crippen LogP contribution in [0.15, 0.2) is 24.3 Å². The Morgan fingerprint density at radius 3 is 2.59 bits per heavy atom. The van der Waals surface area contributed by atoms with E-state index in [-0.39, 0.29) is 18.5 Å². The Labute approximate surface area is 131 Å². The highest BCUT2D eigenvalue weighted by Crippen LogP contribution is 2.19. The van der Waals surface area contributed by atoms with Crippen LogP contribution in [0.1, 0.15) is 31.7 Å². The second kappa shape index (κ2) is 7.82. The fourth-order valence-electron chi connectivity index (χ4n) is 2.66. The minimum Gasteiger partial charge on any atom is -0.484 e. The predicted octanol–water partition coefficient (Wildman–Crippen LogP) is 2.18. The number of nitrogens with zero attached hydrogens (tertiary/aromatic N) is 1.